The van der Waals surface area contributed by atoms with Gasteiger partial charge in [-0.05, 0) is 13.1 Å². The summed E-state index contributed by atoms with van der Waals surface area (Å²) in [5.74, 6) is 1.71. The number of halogens is 1. The van der Waals surface area contributed by atoms with Crippen molar-refractivity contribution in [3.05, 3.63) is 11.2 Å². The first-order valence-electron chi connectivity index (χ1n) is 8.68. The molecular formula is C16H27ClN6. The van der Waals surface area contributed by atoms with E-state index in [4.69, 9.17) is 16.6 Å². The van der Waals surface area contributed by atoms with Gasteiger partial charge in [-0.15, -0.1) is 0 Å². The van der Waals surface area contributed by atoms with Crippen LogP contribution in [0.5, 0.6) is 0 Å². The van der Waals surface area contributed by atoms with Crippen LogP contribution in [0.4, 0.5) is 11.8 Å². The van der Waals surface area contributed by atoms with Gasteiger partial charge in [0.25, 0.3) is 0 Å². The highest BCUT2D eigenvalue weighted by Crippen LogP contribution is 2.26. The Balaban J connectivity index is 1.70. The van der Waals surface area contributed by atoms with E-state index in [0.717, 1.165) is 77.2 Å². The topological polar surface area (TPSA) is 38.7 Å². The smallest absolute Gasteiger partial charge is 0.227 e. The van der Waals surface area contributed by atoms with E-state index in [1.807, 2.05) is 0 Å². The van der Waals surface area contributed by atoms with Crippen molar-refractivity contribution in [1.29, 1.82) is 0 Å². The maximum atomic E-state index is 6.38. The number of aromatic nitrogens is 2. The maximum absolute atomic E-state index is 6.38. The molecule has 2 fully saturated rings. The zero-order valence-electron chi connectivity index (χ0n) is 14.2. The molecule has 2 saturated heterocycles. The Hall–Kier alpha value is -1.11. The molecule has 0 saturated carbocycles. The minimum atomic E-state index is 0.658. The van der Waals surface area contributed by atoms with Crippen LogP contribution in [0.15, 0.2) is 6.20 Å². The zero-order valence-corrected chi connectivity index (χ0v) is 15.0. The van der Waals surface area contributed by atoms with Gasteiger partial charge in [-0.25, -0.2) is 4.98 Å². The Morgan fingerprint density at radius 1 is 0.870 bits per heavy atom. The van der Waals surface area contributed by atoms with Crippen LogP contribution in [-0.4, -0.2) is 85.2 Å². The van der Waals surface area contributed by atoms with E-state index in [1.165, 1.54) is 0 Å². The van der Waals surface area contributed by atoms with Gasteiger partial charge in [0.2, 0.25) is 5.95 Å². The number of rotatable bonds is 4. The second kappa shape index (κ2) is 7.64. The van der Waals surface area contributed by atoms with Gasteiger partial charge in [-0.2, -0.15) is 4.98 Å². The highest BCUT2D eigenvalue weighted by Gasteiger charge is 2.22. The van der Waals surface area contributed by atoms with Crippen molar-refractivity contribution in [3.63, 3.8) is 0 Å². The van der Waals surface area contributed by atoms with Crippen molar-refractivity contribution in [2.45, 2.75) is 13.8 Å². The van der Waals surface area contributed by atoms with Crippen molar-refractivity contribution in [2.75, 3.05) is 75.2 Å². The first kappa shape index (κ1) is 16.7. The van der Waals surface area contributed by atoms with E-state index < -0.39 is 0 Å². The number of nitrogens with zero attached hydrogens (tertiary/aromatic N) is 6. The number of hydrogen-bond donors (Lipinski definition) is 0. The molecule has 1 aromatic heterocycles. The average molecular weight is 339 g/mol. The number of anilines is 2. The second-order valence-corrected chi connectivity index (χ2v) is 6.59. The molecule has 0 amide bonds. The average Bonchev–Trinajstić information content (AvgIpc) is 2.62. The van der Waals surface area contributed by atoms with Gasteiger partial charge >= 0.3 is 0 Å². The molecular weight excluding hydrogens is 312 g/mol. The largest absolute Gasteiger partial charge is 0.353 e. The first-order chi connectivity index (χ1) is 11.2. The van der Waals surface area contributed by atoms with Crippen molar-refractivity contribution in [3.8, 4) is 0 Å². The quantitative estimate of drug-likeness (QED) is 0.826. The third-order valence-corrected chi connectivity index (χ3v) is 5.20. The Morgan fingerprint density at radius 3 is 1.91 bits per heavy atom. The molecule has 3 rings (SSSR count). The first-order valence-corrected chi connectivity index (χ1v) is 9.06. The SMILES string of the molecule is CCN1CCN(c2ncc(Cl)c(N3CCN(CC)CC3)n2)CC1. The lowest BCUT2D eigenvalue weighted by molar-refractivity contribution is 0.268. The Kier molecular flexibility index (Phi) is 5.56. The lowest BCUT2D eigenvalue weighted by Crippen LogP contribution is -2.48. The molecule has 6 nitrogen and oxygen atoms in total. The normalized spacial score (nSPS) is 21.0. The van der Waals surface area contributed by atoms with Gasteiger partial charge in [0.1, 0.15) is 5.02 Å². The molecule has 0 spiro atoms. The Bertz CT molecular complexity index is 509. The van der Waals surface area contributed by atoms with Crippen LogP contribution in [0.25, 0.3) is 0 Å². The summed E-state index contributed by atoms with van der Waals surface area (Å²) in [5, 5.41) is 0.658. The van der Waals surface area contributed by atoms with E-state index in [0.29, 0.717) is 5.02 Å². The van der Waals surface area contributed by atoms with Crippen LogP contribution in [0.2, 0.25) is 5.02 Å². The highest BCUT2D eigenvalue weighted by atomic mass is 35.5. The van der Waals surface area contributed by atoms with E-state index in [2.05, 4.69) is 38.4 Å². The van der Waals surface area contributed by atoms with Crippen LogP contribution in [0.3, 0.4) is 0 Å². The van der Waals surface area contributed by atoms with Crippen LogP contribution in [-0.2, 0) is 0 Å². The standard InChI is InChI=1S/C16H27ClN6/c1-3-20-5-9-22(10-6-20)15-14(17)13-18-16(19-15)23-11-7-21(4-2)8-12-23/h13H,3-12H2,1-2H3. The highest BCUT2D eigenvalue weighted by molar-refractivity contribution is 6.32. The van der Waals surface area contributed by atoms with Crippen LogP contribution in [0, 0.1) is 0 Å². The van der Waals surface area contributed by atoms with Crippen LogP contribution >= 0.6 is 11.6 Å². The summed E-state index contributed by atoms with van der Waals surface area (Å²) >= 11 is 6.38. The van der Waals surface area contributed by atoms with E-state index in [1.54, 1.807) is 6.20 Å². The summed E-state index contributed by atoms with van der Waals surface area (Å²) in [6, 6.07) is 0. The van der Waals surface area contributed by atoms with Crippen LogP contribution in [0.1, 0.15) is 13.8 Å². The molecule has 2 aliphatic heterocycles. The van der Waals surface area contributed by atoms with Crippen LogP contribution < -0.4 is 9.80 Å². The molecule has 0 atom stereocenters. The lowest BCUT2D eigenvalue weighted by atomic mass is 10.3. The fourth-order valence-corrected chi connectivity index (χ4v) is 3.47. The summed E-state index contributed by atoms with van der Waals surface area (Å²) in [6.45, 7) is 14.9. The fourth-order valence-electron chi connectivity index (χ4n) is 3.26. The van der Waals surface area contributed by atoms with E-state index >= 15 is 0 Å². The van der Waals surface area contributed by atoms with Gasteiger partial charge in [-0.1, -0.05) is 25.4 Å². The summed E-state index contributed by atoms with van der Waals surface area (Å²) in [4.78, 5) is 18.7. The lowest BCUT2D eigenvalue weighted by Gasteiger charge is -2.36. The molecule has 0 aliphatic carbocycles. The summed E-state index contributed by atoms with van der Waals surface area (Å²) in [6.07, 6.45) is 1.76. The molecule has 0 aromatic carbocycles. The zero-order chi connectivity index (χ0) is 16.2. The predicted molar refractivity (Wildman–Crippen MR) is 95.7 cm³/mol. The van der Waals surface area contributed by atoms with Crippen molar-refractivity contribution < 1.29 is 0 Å². The third kappa shape index (κ3) is 3.87. The predicted octanol–water partition coefficient (Wildman–Crippen LogP) is 1.41. The summed E-state index contributed by atoms with van der Waals surface area (Å²) in [7, 11) is 0. The van der Waals surface area contributed by atoms with Crippen molar-refractivity contribution in [1.82, 2.24) is 19.8 Å². The summed E-state index contributed by atoms with van der Waals surface area (Å²) in [5.41, 5.74) is 0. The third-order valence-electron chi connectivity index (χ3n) is 4.93. The number of hydrogen-bond acceptors (Lipinski definition) is 6. The van der Waals surface area contributed by atoms with Gasteiger partial charge in [-0.3, -0.25) is 0 Å². The minimum Gasteiger partial charge on any atom is -0.353 e. The molecule has 0 unspecified atom stereocenters. The van der Waals surface area contributed by atoms with E-state index in [-0.39, 0.29) is 0 Å². The number of likely N-dealkylation sites (N-methyl/N-ethyl adjacent to an activating group) is 2. The molecule has 3 heterocycles. The maximum Gasteiger partial charge on any atom is 0.227 e. The van der Waals surface area contributed by atoms with Crippen molar-refractivity contribution in [2.24, 2.45) is 0 Å². The molecule has 0 N–H and O–H groups in total. The molecule has 1 aromatic rings. The second-order valence-electron chi connectivity index (χ2n) is 6.18. The van der Waals surface area contributed by atoms with Gasteiger partial charge < -0.3 is 19.6 Å². The molecule has 7 heteroatoms. The van der Waals surface area contributed by atoms with Gasteiger partial charge in [0.05, 0.1) is 6.20 Å². The van der Waals surface area contributed by atoms with E-state index in [9.17, 15) is 0 Å². The molecule has 128 valence electrons. The fraction of sp³-hybridized carbons (Fsp3) is 0.750. The number of piperazine rings is 2. The summed E-state index contributed by atoms with van der Waals surface area (Å²) < 4.78 is 0. The van der Waals surface area contributed by atoms with Gasteiger partial charge in [0.15, 0.2) is 5.82 Å². The molecule has 0 radical (unpaired) electrons. The Labute approximate surface area is 144 Å². The minimum absolute atomic E-state index is 0.658. The molecule has 0 bridgehead atoms. The van der Waals surface area contributed by atoms with Gasteiger partial charge in [0, 0.05) is 52.4 Å². The van der Waals surface area contributed by atoms with Crippen molar-refractivity contribution >= 4 is 23.4 Å². The molecule has 23 heavy (non-hydrogen) atoms. The molecule has 2 aliphatic rings. The monoisotopic (exact) mass is 338 g/mol. The Morgan fingerprint density at radius 2 is 1.39 bits per heavy atom.